The van der Waals surface area contributed by atoms with Gasteiger partial charge in [-0.15, -0.1) is 0 Å². The van der Waals surface area contributed by atoms with Gasteiger partial charge >= 0.3 is 0 Å². The second-order valence-electron chi connectivity index (χ2n) is 5.77. The first-order chi connectivity index (χ1) is 11.9. The minimum absolute atomic E-state index is 0.0603. The smallest absolute Gasteiger partial charge is 0.264 e. The Kier molecular flexibility index (Phi) is 5.12. The summed E-state index contributed by atoms with van der Waals surface area (Å²) < 4.78 is 67.0. The van der Waals surface area contributed by atoms with Gasteiger partial charge < -0.3 is 5.32 Å². The molecule has 1 saturated carbocycles. The zero-order chi connectivity index (χ0) is 18.1. The molecule has 3 rings (SSSR count). The van der Waals surface area contributed by atoms with Gasteiger partial charge in [-0.1, -0.05) is 19.3 Å². The number of halogens is 5. The van der Waals surface area contributed by atoms with Crippen LogP contribution in [0.15, 0.2) is 9.90 Å². The second kappa shape index (κ2) is 7.15. The number of aliphatic imine (C=N–C) groups is 1. The topological polar surface area (TPSA) is 41.5 Å². The van der Waals surface area contributed by atoms with Crippen molar-refractivity contribution in [2.45, 2.75) is 38.1 Å². The van der Waals surface area contributed by atoms with Crippen LogP contribution in [0.1, 0.15) is 37.7 Å². The predicted molar refractivity (Wildman–Crippen MR) is 84.3 cm³/mol. The largest absolute Gasteiger partial charge is 0.301 e. The molecule has 1 aromatic carbocycles. The molecule has 1 amide bonds. The predicted octanol–water partition coefficient (Wildman–Crippen LogP) is 4.27. The van der Waals surface area contributed by atoms with Crippen LogP contribution in [0, 0.1) is 29.1 Å². The summed E-state index contributed by atoms with van der Waals surface area (Å²) in [6.07, 6.45) is 5.62. The fourth-order valence-corrected chi connectivity index (χ4v) is 3.62. The zero-order valence-corrected chi connectivity index (χ0v) is 13.7. The molecular formula is C16H13F5N2OS. The minimum Gasteiger partial charge on any atom is -0.301 e. The first-order valence-corrected chi connectivity index (χ1v) is 8.50. The normalized spacial score (nSPS) is 22.0. The summed E-state index contributed by atoms with van der Waals surface area (Å²) in [5.41, 5.74) is -1.15. The third-order valence-electron chi connectivity index (χ3n) is 4.04. The average molecular weight is 376 g/mol. The first kappa shape index (κ1) is 17.9. The van der Waals surface area contributed by atoms with Crippen LogP contribution in [0.4, 0.5) is 22.0 Å². The number of benzene rings is 1. The summed E-state index contributed by atoms with van der Waals surface area (Å²) >= 11 is 0.819. The fraction of sp³-hybridized carbons (Fsp3) is 0.375. The molecule has 0 unspecified atom stereocenters. The number of nitrogens with zero attached hydrogens (tertiary/aromatic N) is 1. The van der Waals surface area contributed by atoms with Crippen molar-refractivity contribution in [3.8, 4) is 0 Å². The lowest BCUT2D eigenvalue weighted by Gasteiger charge is -2.17. The van der Waals surface area contributed by atoms with Crippen LogP contribution in [0.2, 0.25) is 0 Å². The summed E-state index contributed by atoms with van der Waals surface area (Å²) in [4.78, 5) is 16.1. The minimum atomic E-state index is -2.24. The summed E-state index contributed by atoms with van der Waals surface area (Å²) in [6.45, 7) is 0. The molecular weight excluding hydrogens is 363 g/mol. The van der Waals surface area contributed by atoms with Crippen molar-refractivity contribution in [3.63, 3.8) is 0 Å². The van der Waals surface area contributed by atoms with E-state index in [0.717, 1.165) is 43.9 Å². The van der Waals surface area contributed by atoms with E-state index in [1.807, 2.05) is 0 Å². The van der Waals surface area contributed by atoms with Gasteiger partial charge in [-0.05, 0) is 30.7 Å². The van der Waals surface area contributed by atoms with E-state index in [1.165, 1.54) is 0 Å². The van der Waals surface area contributed by atoms with E-state index >= 15 is 0 Å². The fourth-order valence-electron chi connectivity index (χ4n) is 2.74. The third-order valence-corrected chi connectivity index (χ3v) is 4.97. The molecule has 0 spiro atoms. The summed E-state index contributed by atoms with van der Waals surface area (Å²) in [6, 6.07) is 0.0603. The molecule has 9 heteroatoms. The Bertz CT molecular complexity index is 758. The van der Waals surface area contributed by atoms with Crippen molar-refractivity contribution in [1.29, 1.82) is 0 Å². The molecule has 1 aromatic rings. The Morgan fingerprint density at radius 3 is 2.08 bits per heavy atom. The molecule has 0 radical (unpaired) electrons. The lowest BCUT2D eigenvalue weighted by molar-refractivity contribution is -0.115. The van der Waals surface area contributed by atoms with Crippen LogP contribution in [0.5, 0.6) is 0 Å². The molecule has 1 N–H and O–H groups in total. The van der Waals surface area contributed by atoms with Crippen molar-refractivity contribution >= 4 is 28.9 Å². The maximum atomic E-state index is 13.7. The maximum Gasteiger partial charge on any atom is 0.264 e. The van der Waals surface area contributed by atoms with Crippen molar-refractivity contribution in [2.75, 3.05) is 0 Å². The van der Waals surface area contributed by atoms with E-state index in [0.29, 0.717) is 6.08 Å². The number of rotatable bonds is 2. The van der Waals surface area contributed by atoms with E-state index in [2.05, 4.69) is 10.3 Å². The molecule has 2 fully saturated rings. The third kappa shape index (κ3) is 3.56. The summed E-state index contributed by atoms with van der Waals surface area (Å²) in [7, 11) is 0. The van der Waals surface area contributed by atoms with Crippen LogP contribution < -0.4 is 5.32 Å². The van der Waals surface area contributed by atoms with Gasteiger partial charge in [-0.3, -0.25) is 9.79 Å². The quantitative estimate of drug-likeness (QED) is 0.362. The van der Waals surface area contributed by atoms with E-state index in [1.54, 1.807) is 0 Å². The van der Waals surface area contributed by atoms with Crippen LogP contribution in [0.3, 0.4) is 0 Å². The van der Waals surface area contributed by atoms with Crippen LogP contribution >= 0.6 is 11.8 Å². The number of amidine groups is 1. The van der Waals surface area contributed by atoms with Gasteiger partial charge in [0.1, 0.15) is 0 Å². The second-order valence-corrected chi connectivity index (χ2v) is 6.81. The zero-order valence-electron chi connectivity index (χ0n) is 12.8. The molecule has 0 aromatic heterocycles. The summed E-state index contributed by atoms with van der Waals surface area (Å²) in [5, 5.41) is 2.72. The van der Waals surface area contributed by atoms with Crippen LogP contribution in [0.25, 0.3) is 6.08 Å². The van der Waals surface area contributed by atoms with E-state index in [4.69, 9.17) is 0 Å². The molecule has 0 bridgehead atoms. The van der Waals surface area contributed by atoms with Gasteiger partial charge in [0.25, 0.3) is 5.91 Å². The maximum absolute atomic E-state index is 13.7. The first-order valence-electron chi connectivity index (χ1n) is 7.68. The Hall–Kier alpha value is -1.90. The number of hydrogen-bond donors (Lipinski definition) is 1. The molecule has 0 atom stereocenters. The molecule has 1 aliphatic carbocycles. The summed E-state index contributed by atoms with van der Waals surface area (Å²) in [5.74, 6) is -11.0. The van der Waals surface area contributed by atoms with Gasteiger partial charge in [0, 0.05) is 0 Å². The lowest BCUT2D eigenvalue weighted by Crippen LogP contribution is -2.22. The number of amides is 1. The lowest BCUT2D eigenvalue weighted by atomic mass is 9.96. The number of thioether (sulfide) groups is 1. The van der Waals surface area contributed by atoms with Crippen molar-refractivity contribution in [1.82, 2.24) is 5.32 Å². The highest BCUT2D eigenvalue weighted by atomic mass is 32.2. The van der Waals surface area contributed by atoms with Gasteiger partial charge in [0.15, 0.2) is 28.4 Å². The number of carbonyl (C=O) groups excluding carboxylic acids is 1. The highest BCUT2D eigenvalue weighted by Crippen LogP contribution is 2.31. The van der Waals surface area contributed by atoms with E-state index in [-0.39, 0.29) is 16.1 Å². The van der Waals surface area contributed by atoms with Gasteiger partial charge in [-0.2, -0.15) is 0 Å². The average Bonchev–Trinajstić information content (AvgIpc) is 2.95. The monoisotopic (exact) mass is 376 g/mol. The highest BCUT2D eigenvalue weighted by molar-refractivity contribution is 8.18. The number of hydrogen-bond acceptors (Lipinski definition) is 3. The Morgan fingerprint density at radius 2 is 1.48 bits per heavy atom. The molecule has 25 heavy (non-hydrogen) atoms. The Balaban J connectivity index is 1.90. The van der Waals surface area contributed by atoms with Crippen LogP contribution in [-0.4, -0.2) is 17.1 Å². The molecule has 1 saturated heterocycles. The van der Waals surface area contributed by atoms with E-state index < -0.39 is 40.6 Å². The Morgan fingerprint density at radius 1 is 0.920 bits per heavy atom. The van der Waals surface area contributed by atoms with Crippen molar-refractivity contribution in [2.24, 2.45) is 4.99 Å². The number of carbonyl (C=O) groups is 1. The molecule has 3 nitrogen and oxygen atoms in total. The van der Waals surface area contributed by atoms with Crippen LogP contribution in [-0.2, 0) is 4.79 Å². The number of nitrogens with one attached hydrogen (secondary N) is 1. The SMILES string of the molecule is O=C1NC(=NC2CCCCC2)S/C1=C\c1c(F)c(F)c(F)c(F)c1F. The molecule has 134 valence electrons. The van der Waals surface area contributed by atoms with Crippen molar-refractivity contribution < 1.29 is 26.7 Å². The molecule has 2 aliphatic rings. The highest BCUT2D eigenvalue weighted by Gasteiger charge is 2.29. The molecule has 1 heterocycles. The van der Waals surface area contributed by atoms with E-state index in [9.17, 15) is 26.7 Å². The standard InChI is InChI=1S/C16H13F5N2OS/c17-10-8(11(18)13(20)14(21)12(10)19)6-9-15(24)23-16(25-9)22-7-4-2-1-3-5-7/h6-7H,1-5H2,(H,22,23,24)/b9-6-. The molecule has 1 aliphatic heterocycles. The van der Waals surface area contributed by atoms with Gasteiger partial charge in [0.05, 0.1) is 16.5 Å². The Labute approximate surface area is 144 Å². The van der Waals surface area contributed by atoms with Gasteiger partial charge in [-0.25, -0.2) is 22.0 Å². The van der Waals surface area contributed by atoms with Crippen molar-refractivity contribution in [3.05, 3.63) is 39.6 Å². The van der Waals surface area contributed by atoms with Gasteiger partial charge in [0.2, 0.25) is 5.82 Å².